The van der Waals surface area contributed by atoms with E-state index in [0.29, 0.717) is 5.92 Å². The van der Waals surface area contributed by atoms with Gasteiger partial charge in [0.2, 0.25) is 0 Å². The molecule has 0 aliphatic carbocycles. The highest BCUT2D eigenvalue weighted by atomic mass is 16.4. The van der Waals surface area contributed by atoms with Crippen LogP contribution in [0.2, 0.25) is 0 Å². The summed E-state index contributed by atoms with van der Waals surface area (Å²) in [5.41, 5.74) is 0. The minimum Gasteiger partial charge on any atom is -0.475 e. The predicted molar refractivity (Wildman–Crippen MR) is 44.9 cm³/mol. The lowest BCUT2D eigenvalue weighted by Gasteiger charge is -2.15. The van der Waals surface area contributed by atoms with E-state index in [1.54, 1.807) is 0 Å². The molecule has 0 spiro atoms. The van der Waals surface area contributed by atoms with Crippen molar-refractivity contribution in [3.63, 3.8) is 0 Å². The Kier molecular flexibility index (Phi) is 4.51. The molecule has 70 valence electrons. The van der Waals surface area contributed by atoms with Gasteiger partial charge in [-0.25, -0.2) is 4.79 Å². The molecule has 0 amide bonds. The molecule has 0 fully saturated rings. The number of rotatable bonds is 5. The van der Waals surface area contributed by atoms with Crippen LogP contribution in [-0.4, -0.2) is 29.4 Å². The molecule has 2 N–H and O–H groups in total. The molecule has 0 aliphatic rings. The molecule has 4 heteroatoms. The average molecular weight is 173 g/mol. The smallest absolute Gasteiger partial charge is 0.373 e. The summed E-state index contributed by atoms with van der Waals surface area (Å²) in [6.07, 6.45) is 0. The van der Waals surface area contributed by atoms with Crippen LogP contribution in [0.3, 0.4) is 0 Å². The second kappa shape index (κ2) is 4.87. The lowest BCUT2D eigenvalue weighted by molar-refractivity contribution is -0.148. The zero-order chi connectivity index (χ0) is 9.72. The number of ketones is 1. The maximum atomic E-state index is 10.6. The summed E-state index contributed by atoms with van der Waals surface area (Å²) in [6.45, 7) is 5.83. The van der Waals surface area contributed by atoms with E-state index in [0.717, 1.165) is 0 Å². The van der Waals surface area contributed by atoms with Crippen molar-refractivity contribution in [2.24, 2.45) is 5.92 Å². The van der Waals surface area contributed by atoms with E-state index in [4.69, 9.17) is 5.11 Å². The first-order valence-corrected chi connectivity index (χ1v) is 3.94. The molecule has 1 atom stereocenters. The number of hydrogen-bond acceptors (Lipinski definition) is 3. The van der Waals surface area contributed by atoms with Crippen LogP contribution in [0.5, 0.6) is 0 Å². The summed E-state index contributed by atoms with van der Waals surface area (Å²) < 4.78 is 0. The van der Waals surface area contributed by atoms with Crippen LogP contribution in [0, 0.1) is 5.92 Å². The second-order valence-electron chi connectivity index (χ2n) is 3.14. The number of carboxylic acid groups (broad SMARTS) is 1. The predicted octanol–water partition coefficient (Wildman–Crippen LogP) is 0.274. The second-order valence-corrected chi connectivity index (χ2v) is 3.14. The molecule has 0 saturated heterocycles. The lowest BCUT2D eigenvalue weighted by Crippen LogP contribution is -2.37. The Labute approximate surface area is 72.0 Å². The van der Waals surface area contributed by atoms with Crippen LogP contribution in [0.25, 0.3) is 0 Å². The normalized spacial score (nSPS) is 13.0. The first-order valence-electron chi connectivity index (χ1n) is 3.94. The molecule has 1 unspecified atom stereocenters. The number of Topliss-reactive ketones (excluding diaryl/α,β-unsaturated/α-hetero) is 1. The highest BCUT2D eigenvalue weighted by Crippen LogP contribution is 1.98. The van der Waals surface area contributed by atoms with Gasteiger partial charge in [0, 0.05) is 6.04 Å². The first-order chi connectivity index (χ1) is 5.45. The standard InChI is InChI=1S/C8H15NO3/c1-5(2)6(3)9-4-7(10)8(11)12/h5-6,9H,4H2,1-3H3,(H,11,12). The molecule has 0 aromatic carbocycles. The van der Waals surface area contributed by atoms with Gasteiger partial charge in [0.05, 0.1) is 6.54 Å². The summed E-state index contributed by atoms with van der Waals surface area (Å²) in [5, 5.41) is 11.1. The average Bonchev–Trinajstić information content (AvgIpc) is 1.98. The Balaban J connectivity index is 3.69. The van der Waals surface area contributed by atoms with Gasteiger partial charge >= 0.3 is 5.97 Å². The molecule has 0 heterocycles. The van der Waals surface area contributed by atoms with E-state index in [1.165, 1.54) is 0 Å². The molecule has 0 rings (SSSR count). The lowest BCUT2D eigenvalue weighted by atomic mass is 10.1. The van der Waals surface area contributed by atoms with Crippen LogP contribution < -0.4 is 5.32 Å². The van der Waals surface area contributed by atoms with Crippen LogP contribution in [-0.2, 0) is 9.59 Å². The third kappa shape index (κ3) is 4.08. The first kappa shape index (κ1) is 11.1. The Morgan fingerprint density at radius 1 is 1.33 bits per heavy atom. The quantitative estimate of drug-likeness (QED) is 0.586. The van der Waals surface area contributed by atoms with Crippen molar-refractivity contribution < 1.29 is 14.7 Å². The van der Waals surface area contributed by atoms with Gasteiger partial charge in [-0.1, -0.05) is 13.8 Å². The minimum absolute atomic E-state index is 0.0886. The number of aliphatic carboxylic acids is 1. The van der Waals surface area contributed by atoms with E-state index in [2.05, 4.69) is 5.32 Å². The van der Waals surface area contributed by atoms with Crippen molar-refractivity contribution in [2.75, 3.05) is 6.54 Å². The Morgan fingerprint density at radius 3 is 2.17 bits per heavy atom. The molecule has 4 nitrogen and oxygen atoms in total. The number of hydrogen-bond donors (Lipinski definition) is 2. The SMILES string of the molecule is CC(C)C(C)NCC(=O)C(=O)O. The molecular weight excluding hydrogens is 158 g/mol. The van der Waals surface area contributed by atoms with Crippen molar-refractivity contribution in [1.82, 2.24) is 5.32 Å². The molecule has 0 aromatic rings. The van der Waals surface area contributed by atoms with Crippen LogP contribution in [0.4, 0.5) is 0 Å². The molecular formula is C8H15NO3. The Morgan fingerprint density at radius 2 is 1.83 bits per heavy atom. The molecule has 0 saturated carbocycles. The fourth-order valence-corrected chi connectivity index (χ4v) is 0.565. The van der Waals surface area contributed by atoms with Gasteiger partial charge in [-0.05, 0) is 12.8 Å². The topological polar surface area (TPSA) is 66.4 Å². The summed E-state index contributed by atoms with van der Waals surface area (Å²) in [7, 11) is 0. The van der Waals surface area contributed by atoms with Crippen LogP contribution >= 0.6 is 0 Å². The fourth-order valence-electron chi connectivity index (χ4n) is 0.565. The number of nitrogens with one attached hydrogen (secondary N) is 1. The summed E-state index contributed by atoms with van der Waals surface area (Å²) in [4.78, 5) is 20.7. The maximum Gasteiger partial charge on any atom is 0.373 e. The van der Waals surface area contributed by atoms with Gasteiger partial charge in [0.1, 0.15) is 0 Å². The molecule has 0 aromatic heterocycles. The van der Waals surface area contributed by atoms with Gasteiger partial charge in [-0.3, -0.25) is 4.79 Å². The van der Waals surface area contributed by atoms with Crippen LogP contribution in [0.1, 0.15) is 20.8 Å². The highest BCUT2D eigenvalue weighted by Gasteiger charge is 2.13. The Hall–Kier alpha value is -0.900. The summed E-state index contributed by atoms with van der Waals surface area (Å²) >= 11 is 0. The number of carbonyl (C=O) groups excluding carboxylic acids is 1. The van der Waals surface area contributed by atoms with Crippen LogP contribution in [0.15, 0.2) is 0 Å². The van der Waals surface area contributed by atoms with E-state index in [9.17, 15) is 9.59 Å². The fraction of sp³-hybridized carbons (Fsp3) is 0.750. The van der Waals surface area contributed by atoms with E-state index in [-0.39, 0.29) is 12.6 Å². The van der Waals surface area contributed by atoms with Gasteiger partial charge in [-0.2, -0.15) is 0 Å². The van der Waals surface area contributed by atoms with E-state index < -0.39 is 11.8 Å². The zero-order valence-electron chi connectivity index (χ0n) is 7.63. The monoisotopic (exact) mass is 173 g/mol. The Bertz CT molecular complexity index is 177. The third-order valence-corrected chi connectivity index (χ3v) is 1.82. The third-order valence-electron chi connectivity index (χ3n) is 1.82. The van der Waals surface area contributed by atoms with Gasteiger partial charge < -0.3 is 10.4 Å². The largest absolute Gasteiger partial charge is 0.475 e. The number of carboxylic acids is 1. The van der Waals surface area contributed by atoms with Gasteiger partial charge in [0.25, 0.3) is 5.78 Å². The number of carbonyl (C=O) groups is 2. The van der Waals surface area contributed by atoms with E-state index in [1.807, 2.05) is 20.8 Å². The molecule has 0 radical (unpaired) electrons. The summed E-state index contributed by atoms with van der Waals surface area (Å²) in [5.74, 6) is -1.77. The van der Waals surface area contributed by atoms with Crippen molar-refractivity contribution in [1.29, 1.82) is 0 Å². The maximum absolute atomic E-state index is 10.6. The van der Waals surface area contributed by atoms with Crippen molar-refractivity contribution in [2.45, 2.75) is 26.8 Å². The highest BCUT2D eigenvalue weighted by molar-refractivity contribution is 6.33. The van der Waals surface area contributed by atoms with E-state index >= 15 is 0 Å². The zero-order valence-corrected chi connectivity index (χ0v) is 7.63. The van der Waals surface area contributed by atoms with Crippen molar-refractivity contribution in [3.8, 4) is 0 Å². The van der Waals surface area contributed by atoms with Crippen molar-refractivity contribution >= 4 is 11.8 Å². The molecule has 0 aliphatic heterocycles. The van der Waals surface area contributed by atoms with Gasteiger partial charge in [-0.15, -0.1) is 0 Å². The van der Waals surface area contributed by atoms with Crippen molar-refractivity contribution in [3.05, 3.63) is 0 Å². The molecule has 12 heavy (non-hydrogen) atoms. The summed E-state index contributed by atoms with van der Waals surface area (Å²) in [6, 6.07) is 0.160. The van der Waals surface area contributed by atoms with Gasteiger partial charge in [0.15, 0.2) is 0 Å². The molecule has 0 bridgehead atoms. The minimum atomic E-state index is -1.38.